The molecular formula is C21H30N2O2. The summed E-state index contributed by atoms with van der Waals surface area (Å²) in [4.78, 5) is 27.0. The summed E-state index contributed by atoms with van der Waals surface area (Å²) in [7, 11) is 0. The summed E-state index contributed by atoms with van der Waals surface area (Å²) in [6, 6.07) is 8.02. The van der Waals surface area contributed by atoms with Crippen molar-refractivity contribution in [1.82, 2.24) is 4.90 Å². The average molecular weight is 342 g/mol. The first-order valence-corrected chi connectivity index (χ1v) is 9.56. The van der Waals surface area contributed by atoms with E-state index < -0.39 is 0 Å². The number of benzene rings is 1. The molecule has 2 fully saturated rings. The van der Waals surface area contributed by atoms with E-state index in [1.54, 1.807) is 0 Å². The lowest BCUT2D eigenvalue weighted by Gasteiger charge is -2.20. The van der Waals surface area contributed by atoms with Gasteiger partial charge in [0.15, 0.2) is 0 Å². The zero-order valence-corrected chi connectivity index (χ0v) is 15.7. The van der Waals surface area contributed by atoms with E-state index in [2.05, 4.69) is 38.2 Å². The average Bonchev–Trinajstić information content (AvgIpc) is 3.38. The van der Waals surface area contributed by atoms with Gasteiger partial charge in [0.05, 0.1) is 11.8 Å². The van der Waals surface area contributed by atoms with Crippen LogP contribution in [0.3, 0.4) is 0 Å². The maximum Gasteiger partial charge on any atom is 0.228 e. The van der Waals surface area contributed by atoms with Gasteiger partial charge >= 0.3 is 0 Å². The van der Waals surface area contributed by atoms with Crippen LogP contribution in [-0.2, 0) is 15.0 Å². The van der Waals surface area contributed by atoms with E-state index in [9.17, 15) is 9.59 Å². The Morgan fingerprint density at radius 3 is 2.12 bits per heavy atom. The van der Waals surface area contributed by atoms with Crippen LogP contribution in [0.4, 0.5) is 5.69 Å². The zero-order chi connectivity index (χ0) is 18.0. The molecule has 3 rings (SSSR count). The second-order valence-electron chi connectivity index (χ2n) is 8.50. The van der Waals surface area contributed by atoms with Crippen LogP contribution < -0.4 is 5.32 Å². The smallest absolute Gasteiger partial charge is 0.228 e. The van der Waals surface area contributed by atoms with E-state index in [1.165, 1.54) is 18.4 Å². The second-order valence-corrected chi connectivity index (χ2v) is 8.50. The Bertz CT molecular complexity index is 622. The monoisotopic (exact) mass is 342 g/mol. The number of hydrogen-bond donors (Lipinski definition) is 1. The third-order valence-electron chi connectivity index (χ3n) is 5.38. The number of rotatable bonds is 3. The van der Waals surface area contributed by atoms with Gasteiger partial charge in [0.1, 0.15) is 0 Å². The minimum absolute atomic E-state index is 0.0170. The molecule has 136 valence electrons. The summed E-state index contributed by atoms with van der Waals surface area (Å²) in [5.41, 5.74) is 2.15. The van der Waals surface area contributed by atoms with Crippen molar-refractivity contribution in [2.75, 3.05) is 18.4 Å². The molecule has 1 heterocycles. The molecule has 0 radical (unpaired) electrons. The Morgan fingerprint density at radius 1 is 0.960 bits per heavy atom. The number of hydrogen-bond acceptors (Lipinski definition) is 2. The van der Waals surface area contributed by atoms with Gasteiger partial charge in [0, 0.05) is 18.8 Å². The molecule has 1 saturated carbocycles. The fourth-order valence-corrected chi connectivity index (χ4v) is 3.57. The molecule has 0 bridgehead atoms. The van der Waals surface area contributed by atoms with Crippen molar-refractivity contribution in [3.05, 3.63) is 29.8 Å². The lowest BCUT2D eigenvalue weighted by molar-refractivity contribution is -0.134. The molecule has 0 aromatic heterocycles. The molecule has 2 unspecified atom stereocenters. The number of likely N-dealkylation sites (tertiary alicyclic amines) is 1. The Morgan fingerprint density at radius 2 is 1.56 bits per heavy atom. The first kappa shape index (κ1) is 18.0. The van der Waals surface area contributed by atoms with E-state index in [4.69, 9.17) is 0 Å². The molecule has 2 atom stereocenters. The van der Waals surface area contributed by atoms with Crippen molar-refractivity contribution in [1.29, 1.82) is 0 Å². The Hall–Kier alpha value is -1.84. The van der Waals surface area contributed by atoms with Crippen molar-refractivity contribution < 1.29 is 9.59 Å². The highest BCUT2D eigenvalue weighted by Crippen LogP contribution is 2.41. The summed E-state index contributed by atoms with van der Waals surface area (Å²) in [6.45, 7) is 8.23. The number of nitrogens with zero attached hydrogens (tertiary/aromatic N) is 1. The summed E-state index contributed by atoms with van der Waals surface area (Å²) in [5.74, 6) is -0.0909. The number of nitrogens with one attached hydrogen (secondary N) is 1. The largest absolute Gasteiger partial charge is 0.342 e. The third-order valence-corrected chi connectivity index (χ3v) is 5.38. The predicted octanol–water partition coefficient (Wildman–Crippen LogP) is 3.96. The minimum atomic E-state index is -0.155. The highest BCUT2D eigenvalue weighted by atomic mass is 16.2. The van der Waals surface area contributed by atoms with E-state index in [0.717, 1.165) is 31.6 Å². The maximum atomic E-state index is 12.6. The summed E-state index contributed by atoms with van der Waals surface area (Å²) < 4.78 is 0. The standard InChI is InChI=1S/C21H30N2O2/c1-21(2,3)15-8-10-16(11-9-15)22-19(24)17-14-18(17)20(25)23-12-6-4-5-7-13-23/h8-11,17-18H,4-7,12-14H2,1-3H3,(H,22,24). The number of anilines is 1. The predicted molar refractivity (Wildman–Crippen MR) is 100 cm³/mol. The van der Waals surface area contributed by atoms with Crippen molar-refractivity contribution in [3.8, 4) is 0 Å². The highest BCUT2D eigenvalue weighted by Gasteiger charge is 2.49. The zero-order valence-electron chi connectivity index (χ0n) is 15.7. The third kappa shape index (κ3) is 4.42. The molecule has 1 aromatic carbocycles. The summed E-state index contributed by atoms with van der Waals surface area (Å²) in [5, 5.41) is 2.97. The molecule has 1 aliphatic heterocycles. The Kier molecular flexibility index (Phi) is 5.16. The van der Waals surface area contributed by atoms with Gasteiger partial charge in [-0.3, -0.25) is 9.59 Å². The minimum Gasteiger partial charge on any atom is -0.342 e. The Balaban J connectivity index is 1.53. The van der Waals surface area contributed by atoms with E-state index in [1.807, 2.05) is 17.0 Å². The number of carbonyl (C=O) groups is 2. The van der Waals surface area contributed by atoms with Crippen molar-refractivity contribution in [2.24, 2.45) is 11.8 Å². The molecule has 4 heteroatoms. The van der Waals surface area contributed by atoms with Crippen LogP contribution in [0.5, 0.6) is 0 Å². The molecule has 4 nitrogen and oxygen atoms in total. The first-order chi connectivity index (χ1) is 11.9. The van der Waals surface area contributed by atoms with E-state index >= 15 is 0 Å². The van der Waals surface area contributed by atoms with E-state index in [0.29, 0.717) is 6.42 Å². The van der Waals surface area contributed by atoms with Gasteiger partial charge in [0.25, 0.3) is 0 Å². The lowest BCUT2D eigenvalue weighted by atomic mass is 9.87. The van der Waals surface area contributed by atoms with Gasteiger partial charge < -0.3 is 10.2 Å². The summed E-state index contributed by atoms with van der Waals surface area (Å²) in [6.07, 6.45) is 5.30. The van der Waals surface area contributed by atoms with Gasteiger partial charge in [-0.15, -0.1) is 0 Å². The van der Waals surface area contributed by atoms with Crippen molar-refractivity contribution in [2.45, 2.75) is 58.3 Å². The molecule has 25 heavy (non-hydrogen) atoms. The number of amides is 2. The molecule has 2 aliphatic rings. The lowest BCUT2D eigenvalue weighted by Crippen LogP contribution is -2.34. The quantitative estimate of drug-likeness (QED) is 0.904. The molecule has 1 N–H and O–H groups in total. The van der Waals surface area contributed by atoms with Crippen LogP contribution >= 0.6 is 0 Å². The molecule has 2 amide bonds. The highest BCUT2D eigenvalue weighted by molar-refractivity contribution is 5.99. The van der Waals surface area contributed by atoms with Crippen LogP contribution in [0.1, 0.15) is 58.4 Å². The molecule has 1 aromatic rings. The maximum absolute atomic E-state index is 12.6. The van der Waals surface area contributed by atoms with Gasteiger partial charge in [-0.1, -0.05) is 45.7 Å². The normalized spacial score (nSPS) is 23.7. The first-order valence-electron chi connectivity index (χ1n) is 9.56. The van der Waals surface area contributed by atoms with Gasteiger partial charge in [0.2, 0.25) is 11.8 Å². The van der Waals surface area contributed by atoms with Crippen LogP contribution in [0, 0.1) is 11.8 Å². The van der Waals surface area contributed by atoms with Crippen molar-refractivity contribution in [3.63, 3.8) is 0 Å². The fraction of sp³-hybridized carbons (Fsp3) is 0.619. The van der Waals surface area contributed by atoms with E-state index in [-0.39, 0.29) is 29.1 Å². The molecular weight excluding hydrogens is 312 g/mol. The van der Waals surface area contributed by atoms with Crippen molar-refractivity contribution >= 4 is 17.5 Å². The van der Waals surface area contributed by atoms with Crippen LogP contribution in [0.2, 0.25) is 0 Å². The SMILES string of the molecule is CC(C)(C)c1ccc(NC(=O)C2CC2C(=O)N2CCCCCC2)cc1. The molecule has 1 aliphatic carbocycles. The van der Waals surface area contributed by atoms with Gasteiger partial charge in [-0.05, 0) is 42.4 Å². The summed E-state index contributed by atoms with van der Waals surface area (Å²) >= 11 is 0. The van der Waals surface area contributed by atoms with Crippen LogP contribution in [0.15, 0.2) is 24.3 Å². The second kappa shape index (κ2) is 7.19. The molecule has 0 spiro atoms. The van der Waals surface area contributed by atoms with Gasteiger partial charge in [-0.2, -0.15) is 0 Å². The van der Waals surface area contributed by atoms with Crippen LogP contribution in [-0.4, -0.2) is 29.8 Å². The Labute approximate surface area is 151 Å². The fourth-order valence-electron chi connectivity index (χ4n) is 3.57. The topological polar surface area (TPSA) is 49.4 Å². The van der Waals surface area contributed by atoms with Crippen LogP contribution in [0.25, 0.3) is 0 Å². The number of carbonyl (C=O) groups excluding carboxylic acids is 2. The molecule has 1 saturated heterocycles. The van der Waals surface area contributed by atoms with Gasteiger partial charge in [-0.25, -0.2) is 0 Å².